The molecular weight excluding hydrogens is 372 g/mol. The number of rotatable bonds is 4. The number of carbonyl (C=O) groups is 1. The van der Waals surface area contributed by atoms with Crippen molar-refractivity contribution in [1.82, 2.24) is 20.0 Å². The van der Waals surface area contributed by atoms with E-state index in [9.17, 15) is 4.79 Å². The lowest BCUT2D eigenvalue weighted by Gasteiger charge is -2.34. The molecule has 2 aliphatic heterocycles. The molecule has 0 unspecified atom stereocenters. The number of carbonyl (C=O) groups excluding carboxylic acids is 1. The van der Waals surface area contributed by atoms with Crippen molar-refractivity contribution in [2.45, 2.75) is 6.54 Å². The van der Waals surface area contributed by atoms with Gasteiger partial charge in [-0.2, -0.15) is 0 Å². The van der Waals surface area contributed by atoms with E-state index in [0.717, 1.165) is 36.7 Å². The highest BCUT2D eigenvalue weighted by Crippen LogP contribution is 2.32. The number of amides is 1. The van der Waals surface area contributed by atoms with E-state index < -0.39 is 0 Å². The minimum absolute atomic E-state index is 0.0461. The molecule has 1 saturated heterocycles. The molecule has 0 radical (unpaired) electrons. The van der Waals surface area contributed by atoms with E-state index in [1.165, 1.54) is 12.0 Å². The van der Waals surface area contributed by atoms with Crippen molar-refractivity contribution in [3.05, 3.63) is 60.0 Å². The summed E-state index contributed by atoms with van der Waals surface area (Å²) in [5.41, 5.74) is 2.65. The van der Waals surface area contributed by atoms with Gasteiger partial charge >= 0.3 is 0 Å². The van der Waals surface area contributed by atoms with Gasteiger partial charge in [0.15, 0.2) is 11.5 Å². The molecule has 3 heterocycles. The van der Waals surface area contributed by atoms with Crippen molar-refractivity contribution in [1.29, 1.82) is 0 Å². The number of benzene rings is 2. The lowest BCUT2D eigenvalue weighted by molar-refractivity contribution is 0.0628. The molecule has 1 fully saturated rings. The van der Waals surface area contributed by atoms with E-state index in [4.69, 9.17) is 13.9 Å². The fraction of sp³-hybridized carbons (Fsp3) is 0.286. The van der Waals surface area contributed by atoms with Crippen molar-refractivity contribution >= 4 is 5.91 Å². The van der Waals surface area contributed by atoms with Gasteiger partial charge < -0.3 is 18.8 Å². The summed E-state index contributed by atoms with van der Waals surface area (Å²) in [6.45, 7) is 4.19. The summed E-state index contributed by atoms with van der Waals surface area (Å²) in [5.74, 6) is 2.10. The smallest absolute Gasteiger partial charge is 0.253 e. The highest BCUT2D eigenvalue weighted by molar-refractivity contribution is 5.94. The van der Waals surface area contributed by atoms with Crippen LogP contribution in [0, 0.1) is 0 Å². The van der Waals surface area contributed by atoms with Crippen LogP contribution in [-0.2, 0) is 6.54 Å². The molecule has 29 heavy (non-hydrogen) atoms. The maximum atomic E-state index is 12.8. The molecule has 2 aliphatic rings. The van der Waals surface area contributed by atoms with Crippen LogP contribution in [0.5, 0.6) is 11.5 Å². The van der Waals surface area contributed by atoms with Crippen molar-refractivity contribution in [2.75, 3.05) is 33.0 Å². The largest absolute Gasteiger partial charge is 0.454 e. The third kappa shape index (κ3) is 3.66. The maximum Gasteiger partial charge on any atom is 0.253 e. The van der Waals surface area contributed by atoms with Gasteiger partial charge in [0.25, 0.3) is 5.91 Å². The second kappa shape index (κ2) is 7.56. The van der Waals surface area contributed by atoms with Crippen LogP contribution >= 0.6 is 0 Å². The van der Waals surface area contributed by atoms with Crippen molar-refractivity contribution in [3.8, 4) is 23.0 Å². The molecule has 1 aromatic heterocycles. The first-order valence-electron chi connectivity index (χ1n) is 9.53. The Bertz CT molecular complexity index is 996. The van der Waals surface area contributed by atoms with Crippen LogP contribution in [0.25, 0.3) is 11.5 Å². The van der Waals surface area contributed by atoms with Gasteiger partial charge in [-0.1, -0.05) is 6.07 Å². The summed E-state index contributed by atoms with van der Waals surface area (Å²) >= 11 is 0. The Morgan fingerprint density at radius 1 is 0.966 bits per heavy atom. The van der Waals surface area contributed by atoms with E-state index in [0.29, 0.717) is 24.5 Å². The Morgan fingerprint density at radius 2 is 1.76 bits per heavy atom. The Morgan fingerprint density at radius 3 is 2.52 bits per heavy atom. The second-order valence-electron chi connectivity index (χ2n) is 7.08. The second-order valence-corrected chi connectivity index (χ2v) is 7.08. The van der Waals surface area contributed by atoms with Gasteiger partial charge in [0.2, 0.25) is 19.1 Å². The van der Waals surface area contributed by atoms with Gasteiger partial charge in [-0.15, -0.1) is 10.2 Å². The molecule has 148 valence electrons. The van der Waals surface area contributed by atoms with Crippen molar-refractivity contribution in [2.24, 2.45) is 0 Å². The summed E-state index contributed by atoms with van der Waals surface area (Å²) < 4.78 is 16.0. The Kier molecular flexibility index (Phi) is 4.61. The molecule has 0 atom stereocenters. The first-order valence-corrected chi connectivity index (χ1v) is 9.53. The zero-order chi connectivity index (χ0) is 19.6. The summed E-state index contributed by atoms with van der Waals surface area (Å²) in [5, 5.41) is 7.55. The topological polar surface area (TPSA) is 80.9 Å². The Balaban J connectivity index is 1.17. The van der Waals surface area contributed by atoms with Crippen molar-refractivity contribution in [3.63, 3.8) is 0 Å². The third-order valence-corrected chi connectivity index (χ3v) is 5.24. The highest BCUT2D eigenvalue weighted by Gasteiger charge is 2.23. The van der Waals surface area contributed by atoms with Gasteiger partial charge in [-0.3, -0.25) is 9.69 Å². The first kappa shape index (κ1) is 17.7. The van der Waals surface area contributed by atoms with Crippen LogP contribution in [0.4, 0.5) is 0 Å². The van der Waals surface area contributed by atoms with Crippen LogP contribution in [0.3, 0.4) is 0 Å². The molecule has 0 saturated carbocycles. The average molecular weight is 392 g/mol. The quantitative estimate of drug-likeness (QED) is 0.674. The fourth-order valence-electron chi connectivity index (χ4n) is 3.64. The predicted octanol–water partition coefficient (Wildman–Crippen LogP) is 2.42. The molecule has 0 aliphatic carbocycles. The van der Waals surface area contributed by atoms with E-state index in [-0.39, 0.29) is 12.7 Å². The van der Waals surface area contributed by atoms with E-state index in [2.05, 4.69) is 21.2 Å². The average Bonchev–Trinajstić information content (AvgIpc) is 3.46. The molecule has 0 bridgehead atoms. The minimum atomic E-state index is 0.0461. The van der Waals surface area contributed by atoms with Crippen molar-refractivity contribution < 1.29 is 18.7 Å². The molecule has 0 N–H and O–H groups in total. The Labute approximate surface area is 167 Å². The van der Waals surface area contributed by atoms with Crippen LogP contribution in [0.1, 0.15) is 15.9 Å². The number of ether oxygens (including phenoxy) is 2. The predicted molar refractivity (Wildman–Crippen MR) is 103 cm³/mol. The van der Waals surface area contributed by atoms with Gasteiger partial charge in [-0.05, 0) is 42.0 Å². The molecule has 3 aromatic rings. The fourth-order valence-corrected chi connectivity index (χ4v) is 3.64. The monoisotopic (exact) mass is 392 g/mol. The minimum Gasteiger partial charge on any atom is -0.454 e. The normalized spacial score (nSPS) is 16.2. The van der Waals surface area contributed by atoms with Crippen LogP contribution < -0.4 is 9.47 Å². The lowest BCUT2D eigenvalue weighted by Crippen LogP contribution is -2.48. The molecule has 5 rings (SSSR count). The Hall–Kier alpha value is -3.39. The van der Waals surface area contributed by atoms with Gasteiger partial charge in [0.1, 0.15) is 0 Å². The van der Waals surface area contributed by atoms with Crippen LogP contribution in [0.2, 0.25) is 0 Å². The zero-order valence-electron chi connectivity index (χ0n) is 15.8. The summed E-state index contributed by atoms with van der Waals surface area (Å²) in [7, 11) is 0. The first-order chi connectivity index (χ1) is 14.3. The number of piperazine rings is 1. The number of hydrogen-bond acceptors (Lipinski definition) is 7. The van der Waals surface area contributed by atoms with Gasteiger partial charge in [0.05, 0.1) is 0 Å². The third-order valence-electron chi connectivity index (χ3n) is 5.24. The van der Waals surface area contributed by atoms with Crippen LogP contribution in [0.15, 0.2) is 53.3 Å². The highest BCUT2D eigenvalue weighted by atomic mass is 16.7. The van der Waals surface area contributed by atoms with E-state index >= 15 is 0 Å². The lowest BCUT2D eigenvalue weighted by atomic mass is 10.1. The molecule has 8 nitrogen and oxygen atoms in total. The number of hydrogen-bond donors (Lipinski definition) is 0. The SMILES string of the molecule is O=C(c1ccc(-c2nnco2)cc1)N1CCN(Cc2ccc3c(c2)OCO3)CC1. The zero-order valence-corrected chi connectivity index (χ0v) is 15.8. The van der Waals surface area contributed by atoms with Gasteiger partial charge in [-0.25, -0.2) is 0 Å². The number of nitrogens with zero attached hydrogens (tertiary/aromatic N) is 4. The number of fused-ring (bicyclic) bond motifs is 1. The van der Waals surface area contributed by atoms with Gasteiger partial charge in [0, 0.05) is 43.9 Å². The van der Waals surface area contributed by atoms with E-state index in [1.807, 2.05) is 29.2 Å². The van der Waals surface area contributed by atoms with E-state index in [1.54, 1.807) is 12.1 Å². The summed E-state index contributed by atoms with van der Waals surface area (Å²) in [6, 6.07) is 13.3. The molecule has 1 amide bonds. The summed E-state index contributed by atoms with van der Waals surface area (Å²) in [4.78, 5) is 17.1. The standard InChI is InChI=1S/C21H20N4O4/c26-21(17-4-2-16(3-5-17)20-23-22-13-27-20)25-9-7-24(8-10-25)12-15-1-6-18-19(11-15)29-14-28-18/h1-6,11,13H,7-10,12,14H2. The molecular formula is C21H20N4O4. The summed E-state index contributed by atoms with van der Waals surface area (Å²) in [6.07, 6.45) is 1.29. The molecule has 2 aromatic carbocycles. The molecule has 8 heteroatoms. The number of aromatic nitrogens is 2. The molecule has 0 spiro atoms. The maximum absolute atomic E-state index is 12.8. The van der Waals surface area contributed by atoms with Crippen LogP contribution in [-0.4, -0.2) is 58.9 Å².